The third-order valence-electron chi connectivity index (χ3n) is 2.63. The predicted molar refractivity (Wildman–Crippen MR) is 81.4 cm³/mol. The van der Waals surface area contributed by atoms with Crippen LogP contribution in [0.15, 0.2) is 34.3 Å². The van der Waals surface area contributed by atoms with Crippen molar-refractivity contribution in [2.45, 2.75) is 11.0 Å². The molecule has 0 heterocycles. The van der Waals surface area contributed by atoms with Crippen molar-refractivity contribution in [3.05, 3.63) is 29.8 Å². The summed E-state index contributed by atoms with van der Waals surface area (Å²) >= 11 is 1.26. The fourth-order valence-corrected chi connectivity index (χ4v) is 4.13. The summed E-state index contributed by atoms with van der Waals surface area (Å²) in [6.07, 6.45) is -0.835. The van der Waals surface area contributed by atoms with Crippen LogP contribution in [0.4, 0.5) is 0 Å². The molecule has 0 aromatic heterocycles. The molecular weight excluding hydrogens is 316 g/mol. The van der Waals surface area contributed by atoms with E-state index in [0.717, 1.165) is 0 Å². The number of nitrogens with two attached hydrogens (primary N) is 1. The molecule has 7 nitrogen and oxygen atoms in total. The average Bonchev–Trinajstić information content (AvgIpc) is 2.50. The Hall–Kier alpha value is -1.29. The normalized spacial score (nSPS) is 14.1. The van der Waals surface area contributed by atoms with Crippen molar-refractivity contribution >= 4 is 27.4 Å². The summed E-state index contributed by atoms with van der Waals surface area (Å²) in [5, 5.41) is 29.2. The number of hydrogen-bond donors (Lipinski definition) is 4. The molecule has 118 valence electrons. The highest BCUT2D eigenvalue weighted by molar-refractivity contribution is 8.00. The van der Waals surface area contributed by atoms with Gasteiger partial charge in [-0.25, -0.2) is 8.42 Å². The number of aliphatic hydroxyl groups is 2. The zero-order valence-corrected chi connectivity index (χ0v) is 12.8. The number of benzene rings is 1. The molecule has 0 saturated heterocycles. The van der Waals surface area contributed by atoms with E-state index in [1.54, 1.807) is 0 Å². The first-order valence-corrected chi connectivity index (χ1v) is 8.89. The molecule has 0 aliphatic rings. The zero-order valence-electron chi connectivity index (χ0n) is 11.2. The lowest BCUT2D eigenvalue weighted by molar-refractivity contribution is 0.113. The second-order valence-corrected chi connectivity index (χ2v) is 7.50. The molecular formula is C12H18N2O5S2. The van der Waals surface area contributed by atoms with E-state index in [0.29, 0.717) is 11.3 Å². The Morgan fingerprint density at radius 3 is 2.48 bits per heavy atom. The number of oxime groups is 1. The molecule has 0 spiro atoms. The molecule has 1 aromatic rings. The smallest absolute Gasteiger partial charge is 0.179 e. The number of nitrogens with zero attached hydrogens (tertiary/aromatic N) is 1. The lowest BCUT2D eigenvalue weighted by Gasteiger charge is -2.08. The summed E-state index contributed by atoms with van der Waals surface area (Å²) in [6, 6.07) is 5.72. The van der Waals surface area contributed by atoms with E-state index in [2.05, 4.69) is 5.16 Å². The molecule has 0 bridgehead atoms. The number of hydrogen-bond acceptors (Lipinski definition) is 7. The Labute approximate surface area is 127 Å². The second kappa shape index (κ2) is 8.23. The molecule has 0 aliphatic carbocycles. The summed E-state index contributed by atoms with van der Waals surface area (Å²) < 4.78 is 24.1. The van der Waals surface area contributed by atoms with Gasteiger partial charge in [0.2, 0.25) is 0 Å². The van der Waals surface area contributed by atoms with E-state index in [9.17, 15) is 8.42 Å². The van der Waals surface area contributed by atoms with E-state index in [1.165, 1.54) is 36.0 Å². The van der Waals surface area contributed by atoms with Gasteiger partial charge in [0.25, 0.3) is 0 Å². The van der Waals surface area contributed by atoms with Crippen LogP contribution in [0.5, 0.6) is 0 Å². The van der Waals surface area contributed by atoms with Crippen LogP contribution in [0.2, 0.25) is 0 Å². The molecule has 1 aromatic carbocycles. The van der Waals surface area contributed by atoms with E-state index in [4.69, 9.17) is 21.2 Å². The van der Waals surface area contributed by atoms with E-state index >= 15 is 0 Å². The molecule has 5 N–H and O–H groups in total. The van der Waals surface area contributed by atoms with Crippen LogP contribution in [0, 0.1) is 0 Å². The number of rotatable bonds is 8. The molecule has 0 aliphatic heterocycles. The maximum absolute atomic E-state index is 12.1. The van der Waals surface area contributed by atoms with Gasteiger partial charge in [0.1, 0.15) is 0 Å². The third kappa shape index (κ3) is 5.54. The van der Waals surface area contributed by atoms with Crippen molar-refractivity contribution in [1.29, 1.82) is 0 Å². The first-order chi connectivity index (χ1) is 9.90. The fourth-order valence-electron chi connectivity index (χ4n) is 1.45. The van der Waals surface area contributed by atoms with Gasteiger partial charge in [-0.15, -0.1) is 0 Å². The Morgan fingerprint density at radius 1 is 1.33 bits per heavy atom. The number of thioether (sulfide) groups is 1. The van der Waals surface area contributed by atoms with Crippen molar-refractivity contribution in [3.8, 4) is 0 Å². The van der Waals surface area contributed by atoms with Crippen LogP contribution in [0.1, 0.15) is 5.56 Å². The van der Waals surface area contributed by atoms with Crippen LogP contribution in [-0.2, 0) is 9.84 Å². The lowest BCUT2D eigenvalue weighted by atomic mass is 10.2. The quantitative estimate of drug-likeness (QED) is 0.168. The molecule has 1 rings (SSSR count). The molecule has 9 heteroatoms. The summed E-state index contributed by atoms with van der Waals surface area (Å²) in [7, 11) is -3.42. The van der Waals surface area contributed by atoms with Crippen molar-refractivity contribution in [3.63, 3.8) is 0 Å². The summed E-state index contributed by atoms with van der Waals surface area (Å²) in [5.41, 5.74) is 5.82. The highest BCUT2D eigenvalue weighted by Crippen LogP contribution is 2.14. The Balaban J connectivity index is 2.62. The van der Waals surface area contributed by atoms with E-state index in [1.807, 2.05) is 0 Å². The van der Waals surface area contributed by atoms with E-state index < -0.39 is 15.9 Å². The van der Waals surface area contributed by atoms with Gasteiger partial charge >= 0.3 is 0 Å². The maximum Gasteiger partial charge on any atom is 0.179 e. The minimum atomic E-state index is -3.42. The minimum absolute atomic E-state index is 0.0707. The van der Waals surface area contributed by atoms with Gasteiger partial charge in [-0.2, -0.15) is 11.8 Å². The monoisotopic (exact) mass is 334 g/mol. The van der Waals surface area contributed by atoms with Crippen LogP contribution in [0.25, 0.3) is 0 Å². The first kappa shape index (κ1) is 17.8. The van der Waals surface area contributed by atoms with Gasteiger partial charge in [0, 0.05) is 17.1 Å². The highest BCUT2D eigenvalue weighted by atomic mass is 32.2. The van der Waals surface area contributed by atoms with Gasteiger partial charge in [-0.3, -0.25) is 0 Å². The zero-order chi connectivity index (χ0) is 15.9. The van der Waals surface area contributed by atoms with Crippen molar-refractivity contribution in [2.75, 3.05) is 23.9 Å². The van der Waals surface area contributed by atoms with E-state index in [-0.39, 0.29) is 28.8 Å². The Morgan fingerprint density at radius 2 is 1.95 bits per heavy atom. The predicted octanol–water partition coefficient (Wildman–Crippen LogP) is -0.359. The maximum atomic E-state index is 12.1. The Kier molecular flexibility index (Phi) is 6.96. The topological polar surface area (TPSA) is 133 Å². The first-order valence-electron chi connectivity index (χ1n) is 6.08. The van der Waals surface area contributed by atoms with Crippen molar-refractivity contribution in [1.82, 2.24) is 0 Å². The summed E-state index contributed by atoms with van der Waals surface area (Å²) in [4.78, 5) is 0.153. The largest absolute Gasteiger partial charge is 0.409 e. The second-order valence-electron chi connectivity index (χ2n) is 4.24. The van der Waals surface area contributed by atoms with Gasteiger partial charge < -0.3 is 21.2 Å². The molecule has 0 saturated carbocycles. The minimum Gasteiger partial charge on any atom is -0.409 e. The van der Waals surface area contributed by atoms with Gasteiger partial charge in [0.05, 0.1) is 23.4 Å². The standard InChI is InChI=1S/C12H18N2O5S2/c13-12(14-17)9-1-3-11(4-2-9)21(18,19)6-5-20-8-10(16)7-15/h1-4,10,15-17H,5-8H2,(H2,13,14). The molecule has 0 fully saturated rings. The number of amidine groups is 1. The van der Waals surface area contributed by atoms with Crippen LogP contribution in [-0.4, -0.2) is 59.6 Å². The summed E-state index contributed by atoms with van der Waals surface area (Å²) in [5.74, 6) is 0.446. The molecule has 1 unspecified atom stereocenters. The average molecular weight is 334 g/mol. The van der Waals surface area contributed by atoms with Crippen LogP contribution in [0.3, 0.4) is 0 Å². The number of sulfone groups is 1. The third-order valence-corrected chi connectivity index (χ3v) is 5.74. The lowest BCUT2D eigenvalue weighted by Crippen LogP contribution is -2.17. The summed E-state index contributed by atoms with van der Waals surface area (Å²) in [6.45, 7) is -0.338. The Bertz CT molecular complexity index is 572. The van der Waals surface area contributed by atoms with Gasteiger partial charge in [-0.05, 0) is 24.3 Å². The van der Waals surface area contributed by atoms with Gasteiger partial charge in [0.15, 0.2) is 15.7 Å². The van der Waals surface area contributed by atoms with Crippen LogP contribution >= 0.6 is 11.8 Å². The van der Waals surface area contributed by atoms with Crippen molar-refractivity contribution in [2.24, 2.45) is 10.9 Å². The molecule has 0 amide bonds. The fraction of sp³-hybridized carbons (Fsp3) is 0.417. The van der Waals surface area contributed by atoms with Crippen LogP contribution < -0.4 is 5.73 Å². The SMILES string of the molecule is N/C(=N/O)c1ccc(S(=O)(=O)CCSCC(O)CO)cc1. The van der Waals surface area contributed by atoms with Gasteiger partial charge in [-0.1, -0.05) is 5.16 Å². The van der Waals surface area contributed by atoms with Crippen molar-refractivity contribution < 1.29 is 23.8 Å². The number of aliphatic hydroxyl groups excluding tert-OH is 2. The molecule has 1 atom stereocenters. The molecule has 21 heavy (non-hydrogen) atoms. The highest BCUT2D eigenvalue weighted by Gasteiger charge is 2.15. The molecule has 0 radical (unpaired) electrons.